The van der Waals surface area contributed by atoms with E-state index < -0.39 is 15.8 Å². The van der Waals surface area contributed by atoms with Gasteiger partial charge in [0, 0.05) is 32.0 Å². The lowest BCUT2D eigenvalue weighted by atomic mass is 10.1. The lowest BCUT2D eigenvalue weighted by Gasteiger charge is -2.35. The van der Waals surface area contributed by atoms with E-state index in [4.69, 9.17) is 0 Å². The predicted molar refractivity (Wildman–Crippen MR) is 84.9 cm³/mol. The Morgan fingerprint density at radius 2 is 2.17 bits per heavy atom. The van der Waals surface area contributed by atoms with E-state index in [2.05, 4.69) is 10.3 Å². The molecule has 7 heteroatoms. The summed E-state index contributed by atoms with van der Waals surface area (Å²) in [5.41, 5.74) is 1.40. The third-order valence-electron chi connectivity index (χ3n) is 3.89. The van der Waals surface area contributed by atoms with E-state index >= 15 is 0 Å². The van der Waals surface area contributed by atoms with Crippen LogP contribution in [0.2, 0.25) is 0 Å². The Balaban J connectivity index is 2.02. The molecule has 0 aliphatic carbocycles. The molecule has 2 heterocycles. The second-order valence-corrected chi connectivity index (χ2v) is 7.48. The van der Waals surface area contributed by atoms with Crippen molar-refractivity contribution in [2.75, 3.05) is 19.6 Å². The highest BCUT2D eigenvalue weighted by Gasteiger charge is 2.34. The van der Waals surface area contributed by atoms with E-state index in [0.29, 0.717) is 25.2 Å². The van der Waals surface area contributed by atoms with Crippen molar-refractivity contribution < 1.29 is 12.8 Å². The quantitative estimate of drug-likeness (QED) is 0.930. The molecule has 1 aromatic carbocycles. The largest absolute Gasteiger partial charge is 0.313 e. The Morgan fingerprint density at radius 1 is 1.35 bits per heavy atom. The van der Waals surface area contributed by atoms with Gasteiger partial charge in [-0.1, -0.05) is 6.07 Å². The second kappa shape index (κ2) is 6.35. The number of halogens is 1. The van der Waals surface area contributed by atoms with Crippen molar-refractivity contribution in [1.82, 2.24) is 14.6 Å². The van der Waals surface area contributed by atoms with E-state index in [9.17, 15) is 12.8 Å². The standard InChI is InChI=1S/C16H18FN3O2S/c1-12-7-14(17)9-15(8-12)23(21,22)20-6-5-19-11-16(20)13-3-2-4-18-10-13/h2-4,7-10,16,19H,5-6,11H2,1H3. The van der Waals surface area contributed by atoms with E-state index in [0.717, 1.165) is 11.6 Å². The van der Waals surface area contributed by atoms with E-state index in [1.54, 1.807) is 25.4 Å². The van der Waals surface area contributed by atoms with E-state index in [1.807, 2.05) is 6.07 Å². The number of pyridine rings is 1. The number of nitrogens with zero attached hydrogens (tertiary/aromatic N) is 2. The molecule has 0 amide bonds. The summed E-state index contributed by atoms with van der Waals surface area (Å²) < 4.78 is 41.0. The second-order valence-electron chi connectivity index (χ2n) is 5.59. The van der Waals surface area contributed by atoms with E-state index in [1.165, 1.54) is 16.4 Å². The molecule has 2 aromatic rings. The van der Waals surface area contributed by atoms with Crippen LogP contribution in [-0.2, 0) is 10.0 Å². The fraction of sp³-hybridized carbons (Fsp3) is 0.312. The van der Waals surface area contributed by atoms with Crippen molar-refractivity contribution in [3.63, 3.8) is 0 Å². The van der Waals surface area contributed by atoms with Crippen LogP contribution in [0.1, 0.15) is 17.2 Å². The van der Waals surface area contributed by atoms with Crippen LogP contribution in [0.3, 0.4) is 0 Å². The highest BCUT2D eigenvalue weighted by Crippen LogP contribution is 2.29. The summed E-state index contributed by atoms with van der Waals surface area (Å²) >= 11 is 0. The molecule has 23 heavy (non-hydrogen) atoms. The molecule has 1 aliphatic rings. The van der Waals surface area contributed by atoms with Gasteiger partial charge in [-0.3, -0.25) is 4.98 Å². The maximum absolute atomic E-state index is 13.6. The molecule has 0 spiro atoms. The molecule has 1 saturated heterocycles. The molecule has 1 unspecified atom stereocenters. The predicted octanol–water partition coefficient (Wildman–Crippen LogP) is 1.86. The van der Waals surface area contributed by atoms with Gasteiger partial charge < -0.3 is 5.32 Å². The summed E-state index contributed by atoms with van der Waals surface area (Å²) in [6.07, 6.45) is 3.31. The number of nitrogens with one attached hydrogen (secondary N) is 1. The number of aryl methyl sites for hydroxylation is 1. The van der Waals surface area contributed by atoms with Crippen LogP contribution in [0.15, 0.2) is 47.6 Å². The van der Waals surface area contributed by atoms with Gasteiger partial charge in [-0.25, -0.2) is 12.8 Å². The number of sulfonamides is 1. The fourth-order valence-electron chi connectivity index (χ4n) is 2.82. The number of hydrogen-bond donors (Lipinski definition) is 1. The Kier molecular flexibility index (Phi) is 4.43. The van der Waals surface area contributed by atoms with Crippen LogP contribution in [0.25, 0.3) is 0 Å². The average Bonchev–Trinajstić information content (AvgIpc) is 2.55. The van der Waals surface area contributed by atoms with Crippen LogP contribution in [0.4, 0.5) is 4.39 Å². The molecule has 1 atom stereocenters. The van der Waals surface area contributed by atoms with Gasteiger partial charge in [0.25, 0.3) is 0 Å². The van der Waals surface area contributed by atoms with Gasteiger partial charge >= 0.3 is 0 Å². The summed E-state index contributed by atoms with van der Waals surface area (Å²) in [6.45, 7) is 3.07. The van der Waals surface area contributed by atoms with Gasteiger partial charge in [-0.2, -0.15) is 4.31 Å². The number of aromatic nitrogens is 1. The first-order valence-electron chi connectivity index (χ1n) is 7.38. The zero-order chi connectivity index (χ0) is 16.4. The monoisotopic (exact) mass is 335 g/mol. The normalized spacial score (nSPS) is 19.7. The smallest absolute Gasteiger partial charge is 0.243 e. The molecule has 1 fully saturated rings. The fourth-order valence-corrected chi connectivity index (χ4v) is 4.55. The number of piperazine rings is 1. The Morgan fingerprint density at radius 3 is 2.87 bits per heavy atom. The minimum atomic E-state index is -3.78. The van der Waals surface area contributed by atoms with Gasteiger partial charge in [0.15, 0.2) is 0 Å². The zero-order valence-electron chi connectivity index (χ0n) is 12.7. The molecule has 0 radical (unpaired) electrons. The SMILES string of the molecule is Cc1cc(F)cc(S(=O)(=O)N2CCNCC2c2cccnc2)c1. The molecule has 0 saturated carbocycles. The third kappa shape index (κ3) is 3.26. The Bertz CT molecular complexity index is 776. The van der Waals surface area contributed by atoms with Crippen molar-refractivity contribution in [3.05, 3.63) is 59.7 Å². The van der Waals surface area contributed by atoms with Crippen molar-refractivity contribution >= 4 is 10.0 Å². The summed E-state index contributed by atoms with van der Waals surface area (Å²) in [4.78, 5) is 4.06. The van der Waals surface area contributed by atoms with Crippen molar-refractivity contribution in [2.24, 2.45) is 0 Å². The molecule has 5 nitrogen and oxygen atoms in total. The Hall–Kier alpha value is -1.83. The summed E-state index contributed by atoms with van der Waals surface area (Å²) in [5.74, 6) is -0.545. The molecule has 3 rings (SSSR count). The van der Waals surface area contributed by atoms with Crippen LogP contribution in [0, 0.1) is 12.7 Å². The first-order chi connectivity index (χ1) is 11.0. The summed E-state index contributed by atoms with van der Waals surface area (Å²) in [7, 11) is -3.78. The van der Waals surface area contributed by atoms with Crippen LogP contribution >= 0.6 is 0 Å². The molecular weight excluding hydrogens is 317 g/mol. The topological polar surface area (TPSA) is 62.3 Å². The molecule has 1 N–H and O–H groups in total. The molecule has 1 aliphatic heterocycles. The average molecular weight is 335 g/mol. The summed E-state index contributed by atoms with van der Waals surface area (Å²) in [5, 5.41) is 3.20. The number of benzene rings is 1. The minimum absolute atomic E-state index is 0.00853. The molecule has 122 valence electrons. The Labute approximate surface area is 135 Å². The lowest BCUT2D eigenvalue weighted by molar-refractivity contribution is 0.271. The van der Waals surface area contributed by atoms with Crippen molar-refractivity contribution in [3.8, 4) is 0 Å². The van der Waals surface area contributed by atoms with Crippen LogP contribution < -0.4 is 5.32 Å². The lowest BCUT2D eigenvalue weighted by Crippen LogP contribution is -2.48. The van der Waals surface area contributed by atoms with Crippen LogP contribution in [0.5, 0.6) is 0 Å². The van der Waals surface area contributed by atoms with Gasteiger partial charge in [0.05, 0.1) is 10.9 Å². The van der Waals surface area contributed by atoms with Gasteiger partial charge in [0.1, 0.15) is 5.82 Å². The minimum Gasteiger partial charge on any atom is -0.313 e. The van der Waals surface area contributed by atoms with Gasteiger partial charge in [-0.05, 0) is 42.3 Å². The van der Waals surface area contributed by atoms with Crippen molar-refractivity contribution in [1.29, 1.82) is 0 Å². The first-order valence-corrected chi connectivity index (χ1v) is 8.82. The van der Waals surface area contributed by atoms with Crippen LogP contribution in [-0.4, -0.2) is 37.3 Å². The molecular formula is C16H18FN3O2S. The maximum atomic E-state index is 13.6. The van der Waals surface area contributed by atoms with Crippen molar-refractivity contribution in [2.45, 2.75) is 17.9 Å². The highest BCUT2D eigenvalue weighted by molar-refractivity contribution is 7.89. The highest BCUT2D eigenvalue weighted by atomic mass is 32.2. The molecule has 0 bridgehead atoms. The van der Waals surface area contributed by atoms with E-state index in [-0.39, 0.29) is 10.9 Å². The number of hydrogen-bond acceptors (Lipinski definition) is 4. The van der Waals surface area contributed by atoms with Gasteiger partial charge in [-0.15, -0.1) is 0 Å². The third-order valence-corrected chi connectivity index (χ3v) is 5.77. The maximum Gasteiger partial charge on any atom is 0.243 e. The van der Waals surface area contributed by atoms with Gasteiger partial charge in [0.2, 0.25) is 10.0 Å². The number of rotatable bonds is 3. The summed E-state index contributed by atoms with van der Waals surface area (Å²) in [6, 6.07) is 7.16. The first kappa shape index (κ1) is 16.0. The zero-order valence-corrected chi connectivity index (χ0v) is 13.6. The molecule has 1 aromatic heterocycles.